The van der Waals surface area contributed by atoms with Crippen LogP contribution in [-0.2, 0) is 19.6 Å². The lowest BCUT2D eigenvalue weighted by Gasteiger charge is -2.09. The molecule has 15 heavy (non-hydrogen) atoms. The zero-order chi connectivity index (χ0) is 11.4. The van der Waals surface area contributed by atoms with Gasteiger partial charge in [-0.25, -0.2) is 4.79 Å². The fraction of sp³-hybridized carbons (Fsp3) is 0.571. The Labute approximate surface area is 88.1 Å². The van der Waals surface area contributed by atoms with Crippen LogP contribution in [0.15, 0.2) is 12.2 Å². The van der Waals surface area contributed by atoms with E-state index in [-0.39, 0.29) is 11.7 Å². The van der Waals surface area contributed by atoms with E-state index in [2.05, 4.69) is 11.3 Å². The van der Waals surface area contributed by atoms with E-state index in [0.29, 0.717) is 0 Å². The predicted molar refractivity (Wildman–Crippen MR) is 53.2 cm³/mol. The molecule has 5 N–H and O–H groups in total. The smallest absolute Gasteiger partial charge is 0.333 e. The van der Waals surface area contributed by atoms with Crippen molar-refractivity contribution in [1.29, 1.82) is 0 Å². The van der Waals surface area contributed by atoms with Gasteiger partial charge in [0.2, 0.25) is 0 Å². The van der Waals surface area contributed by atoms with Gasteiger partial charge in [-0.2, -0.15) is 8.42 Å². The fourth-order valence-corrected chi connectivity index (χ4v) is 1.17. The van der Waals surface area contributed by atoms with Crippen molar-refractivity contribution in [3.05, 3.63) is 12.2 Å². The van der Waals surface area contributed by atoms with Crippen LogP contribution in [0.5, 0.6) is 0 Å². The van der Waals surface area contributed by atoms with Crippen LogP contribution in [0.3, 0.4) is 0 Å². The zero-order valence-electron chi connectivity index (χ0n) is 8.34. The van der Waals surface area contributed by atoms with Crippen molar-refractivity contribution < 1.29 is 27.6 Å². The minimum Gasteiger partial charge on any atom is -0.460 e. The lowest BCUT2D eigenvalue weighted by molar-refractivity contribution is -0.141. The molecule has 1 unspecified atom stereocenters. The molecule has 7 nitrogen and oxygen atoms in total. The number of carbonyl (C=O) groups excluding carboxylic acids is 1. The quantitative estimate of drug-likeness (QED) is 0.336. The zero-order valence-corrected chi connectivity index (χ0v) is 9.16. The summed E-state index contributed by atoms with van der Waals surface area (Å²) in [6, 6.07) is 0. The predicted octanol–water partition coefficient (Wildman–Crippen LogP) is -0.484. The molecule has 0 radical (unpaired) electrons. The molecule has 90 valence electrons. The number of hydrogen-bond donors (Lipinski definition) is 3. The number of rotatable bonds is 5. The SMILES string of the molecule is C=C(C)C(=O)OCC(O)CS(=O)(=O)O.N. The van der Waals surface area contributed by atoms with Crippen molar-refractivity contribution in [1.82, 2.24) is 6.15 Å². The second kappa shape index (κ2) is 6.51. The summed E-state index contributed by atoms with van der Waals surface area (Å²) in [4.78, 5) is 10.8. The van der Waals surface area contributed by atoms with Gasteiger partial charge >= 0.3 is 5.97 Å². The first-order valence-electron chi connectivity index (χ1n) is 3.68. The number of aliphatic hydroxyl groups is 1. The molecule has 0 rings (SSSR count). The van der Waals surface area contributed by atoms with Crippen molar-refractivity contribution in [2.45, 2.75) is 13.0 Å². The average Bonchev–Trinajstić information content (AvgIpc) is 1.96. The van der Waals surface area contributed by atoms with Gasteiger partial charge in [0.15, 0.2) is 0 Å². The van der Waals surface area contributed by atoms with E-state index in [9.17, 15) is 13.2 Å². The third-order valence-electron chi connectivity index (χ3n) is 1.16. The number of hydrogen-bond acceptors (Lipinski definition) is 6. The molecule has 0 aromatic heterocycles. The molecule has 0 aromatic carbocycles. The number of carbonyl (C=O) groups is 1. The summed E-state index contributed by atoms with van der Waals surface area (Å²) in [5.74, 6) is -1.59. The first kappa shape index (κ1) is 16.5. The van der Waals surface area contributed by atoms with Gasteiger partial charge in [-0.15, -0.1) is 0 Å². The van der Waals surface area contributed by atoms with E-state index in [0.717, 1.165) is 0 Å². The van der Waals surface area contributed by atoms with Gasteiger partial charge in [0.05, 0.1) is 0 Å². The lowest BCUT2D eigenvalue weighted by atomic mass is 10.3. The maximum Gasteiger partial charge on any atom is 0.333 e. The highest BCUT2D eigenvalue weighted by atomic mass is 32.2. The molecule has 0 aromatic rings. The molecule has 0 aliphatic heterocycles. The molecule has 0 heterocycles. The summed E-state index contributed by atoms with van der Waals surface area (Å²) in [7, 11) is -4.26. The Kier molecular flexibility index (Phi) is 7.15. The van der Waals surface area contributed by atoms with Gasteiger partial charge < -0.3 is 16.0 Å². The summed E-state index contributed by atoms with van der Waals surface area (Å²) in [5.41, 5.74) is 0.143. The topological polar surface area (TPSA) is 136 Å². The van der Waals surface area contributed by atoms with Crippen LogP contribution in [0.25, 0.3) is 0 Å². The molecule has 0 aliphatic carbocycles. The molecule has 0 saturated carbocycles. The van der Waals surface area contributed by atoms with Crippen molar-refractivity contribution >= 4 is 16.1 Å². The minimum atomic E-state index is -4.26. The van der Waals surface area contributed by atoms with Crippen molar-refractivity contribution in [3.8, 4) is 0 Å². The second-order valence-electron chi connectivity index (χ2n) is 2.78. The van der Waals surface area contributed by atoms with E-state index in [1.807, 2.05) is 0 Å². The lowest BCUT2D eigenvalue weighted by Crippen LogP contribution is -2.26. The van der Waals surface area contributed by atoms with E-state index in [1.165, 1.54) is 6.92 Å². The number of aliphatic hydroxyl groups excluding tert-OH is 1. The maximum atomic E-state index is 10.8. The Morgan fingerprint density at radius 3 is 2.33 bits per heavy atom. The van der Waals surface area contributed by atoms with Gasteiger partial charge in [-0.1, -0.05) is 6.58 Å². The van der Waals surface area contributed by atoms with Crippen LogP contribution in [0.4, 0.5) is 0 Å². The van der Waals surface area contributed by atoms with E-state index >= 15 is 0 Å². The Morgan fingerprint density at radius 2 is 2.00 bits per heavy atom. The number of ether oxygens (including phenoxy) is 1. The van der Waals surface area contributed by atoms with Crippen LogP contribution in [0.2, 0.25) is 0 Å². The Bertz CT molecular complexity index is 322. The normalized spacial score (nSPS) is 12.5. The summed E-state index contributed by atoms with van der Waals surface area (Å²) in [5, 5.41) is 8.97. The molecule has 0 saturated heterocycles. The maximum absolute atomic E-state index is 10.8. The summed E-state index contributed by atoms with van der Waals surface area (Å²) < 4.78 is 33.3. The Morgan fingerprint density at radius 1 is 1.53 bits per heavy atom. The minimum absolute atomic E-state index is 0. The monoisotopic (exact) mass is 241 g/mol. The molecule has 0 spiro atoms. The van der Waals surface area contributed by atoms with Crippen molar-refractivity contribution in [2.24, 2.45) is 0 Å². The van der Waals surface area contributed by atoms with Crippen LogP contribution in [0, 0.1) is 0 Å². The van der Waals surface area contributed by atoms with Gasteiger partial charge in [0.25, 0.3) is 10.1 Å². The molecular formula is C7H15NO6S. The Balaban J connectivity index is 0. The van der Waals surface area contributed by atoms with Crippen LogP contribution in [0.1, 0.15) is 6.92 Å². The van der Waals surface area contributed by atoms with Gasteiger partial charge in [0.1, 0.15) is 18.5 Å². The molecule has 0 aliphatic rings. The van der Waals surface area contributed by atoms with Gasteiger partial charge in [0, 0.05) is 5.57 Å². The van der Waals surface area contributed by atoms with E-state index in [1.54, 1.807) is 0 Å². The third-order valence-corrected chi connectivity index (χ3v) is 1.96. The highest BCUT2D eigenvalue weighted by Gasteiger charge is 2.16. The molecule has 0 fully saturated rings. The van der Waals surface area contributed by atoms with Crippen LogP contribution < -0.4 is 6.15 Å². The molecule has 1 atom stereocenters. The third kappa shape index (κ3) is 9.35. The van der Waals surface area contributed by atoms with E-state index in [4.69, 9.17) is 9.66 Å². The summed E-state index contributed by atoms with van der Waals surface area (Å²) >= 11 is 0. The van der Waals surface area contributed by atoms with Crippen molar-refractivity contribution in [3.63, 3.8) is 0 Å². The Hall–Kier alpha value is -0.960. The highest BCUT2D eigenvalue weighted by molar-refractivity contribution is 7.85. The van der Waals surface area contributed by atoms with Gasteiger partial charge in [-0.05, 0) is 6.92 Å². The van der Waals surface area contributed by atoms with Crippen LogP contribution >= 0.6 is 0 Å². The molecule has 0 bridgehead atoms. The first-order chi connectivity index (χ1) is 6.22. The largest absolute Gasteiger partial charge is 0.460 e. The molecule has 8 heteroatoms. The molecular weight excluding hydrogens is 226 g/mol. The summed E-state index contributed by atoms with van der Waals surface area (Å²) in [6.07, 6.45) is -1.44. The van der Waals surface area contributed by atoms with Gasteiger partial charge in [-0.3, -0.25) is 4.55 Å². The number of esters is 1. The second-order valence-corrected chi connectivity index (χ2v) is 4.28. The van der Waals surface area contributed by atoms with E-state index < -0.39 is 34.6 Å². The summed E-state index contributed by atoms with van der Waals surface area (Å²) in [6.45, 7) is 4.20. The highest BCUT2D eigenvalue weighted by Crippen LogP contribution is 1.96. The fourth-order valence-electron chi connectivity index (χ4n) is 0.586. The standard InChI is InChI=1S/C7H12O6S.H3N/c1-5(2)7(9)13-3-6(8)4-14(10,11)12;/h6,8H,1,3-4H2,2H3,(H,10,11,12);1H3. The van der Waals surface area contributed by atoms with Crippen LogP contribution in [-0.4, -0.2) is 42.5 Å². The molecule has 0 amide bonds. The van der Waals surface area contributed by atoms with Crippen molar-refractivity contribution in [2.75, 3.05) is 12.4 Å². The average molecular weight is 241 g/mol. The first-order valence-corrected chi connectivity index (χ1v) is 5.29.